The molecule has 3 heteroatoms. The molecule has 1 aliphatic carbocycles. The van der Waals surface area contributed by atoms with Gasteiger partial charge in [-0.1, -0.05) is 36.4 Å². The fourth-order valence-corrected chi connectivity index (χ4v) is 3.47. The van der Waals surface area contributed by atoms with Crippen molar-refractivity contribution < 1.29 is 9.47 Å². The van der Waals surface area contributed by atoms with Crippen LogP contribution in [0.3, 0.4) is 0 Å². The molecule has 2 nitrogen and oxygen atoms in total. The Morgan fingerprint density at radius 3 is 2.31 bits per heavy atom. The zero-order valence-corrected chi connectivity index (χ0v) is 13.0. The molecular formula is C13H25IO2. The molecule has 1 aliphatic rings. The molecule has 1 rings (SSSR count). The number of alkyl halides is 1. The van der Waals surface area contributed by atoms with Gasteiger partial charge in [-0.3, -0.25) is 0 Å². The van der Waals surface area contributed by atoms with E-state index in [0.717, 1.165) is 22.9 Å². The lowest BCUT2D eigenvalue weighted by Gasteiger charge is -2.40. The highest BCUT2D eigenvalue weighted by Gasteiger charge is 2.35. The Balaban J connectivity index is 2.38. The van der Waals surface area contributed by atoms with Crippen LogP contribution in [0.15, 0.2) is 0 Å². The van der Waals surface area contributed by atoms with Gasteiger partial charge in [0.1, 0.15) is 0 Å². The van der Waals surface area contributed by atoms with Crippen molar-refractivity contribution in [1.82, 2.24) is 0 Å². The third-order valence-corrected chi connectivity index (χ3v) is 5.21. The van der Waals surface area contributed by atoms with Gasteiger partial charge >= 0.3 is 0 Å². The van der Waals surface area contributed by atoms with E-state index in [1.165, 1.54) is 25.7 Å². The number of methoxy groups -OCH3 is 1. The lowest BCUT2D eigenvalue weighted by atomic mass is 9.75. The SMILES string of the molecule is COCCOC1(CI)CCC(C(C)C)CC1. The fourth-order valence-electron chi connectivity index (χ4n) is 2.49. The molecular weight excluding hydrogens is 315 g/mol. The zero-order valence-electron chi connectivity index (χ0n) is 10.8. The van der Waals surface area contributed by atoms with E-state index in [1.807, 2.05) is 0 Å². The van der Waals surface area contributed by atoms with Crippen LogP contribution in [0, 0.1) is 11.8 Å². The molecule has 0 saturated heterocycles. The Labute approximate surface area is 114 Å². The Kier molecular flexibility index (Phi) is 6.59. The second-order valence-electron chi connectivity index (χ2n) is 5.24. The van der Waals surface area contributed by atoms with Crippen LogP contribution >= 0.6 is 22.6 Å². The first-order chi connectivity index (χ1) is 7.63. The van der Waals surface area contributed by atoms with Crippen molar-refractivity contribution in [3.8, 4) is 0 Å². The molecule has 0 bridgehead atoms. The first-order valence-electron chi connectivity index (χ1n) is 6.32. The van der Waals surface area contributed by atoms with Gasteiger partial charge in [0.2, 0.25) is 0 Å². The normalized spacial score (nSPS) is 30.9. The van der Waals surface area contributed by atoms with Crippen LogP contribution in [0.25, 0.3) is 0 Å². The molecule has 0 radical (unpaired) electrons. The molecule has 0 atom stereocenters. The summed E-state index contributed by atoms with van der Waals surface area (Å²) in [4.78, 5) is 0. The topological polar surface area (TPSA) is 18.5 Å². The van der Waals surface area contributed by atoms with Crippen molar-refractivity contribution in [3.05, 3.63) is 0 Å². The van der Waals surface area contributed by atoms with Crippen LogP contribution in [-0.4, -0.2) is 30.4 Å². The Morgan fingerprint density at radius 2 is 1.88 bits per heavy atom. The largest absolute Gasteiger partial charge is 0.382 e. The van der Waals surface area contributed by atoms with Gasteiger partial charge < -0.3 is 9.47 Å². The Bertz CT molecular complexity index is 186. The van der Waals surface area contributed by atoms with Crippen molar-refractivity contribution in [2.24, 2.45) is 11.8 Å². The smallest absolute Gasteiger partial charge is 0.0772 e. The van der Waals surface area contributed by atoms with Gasteiger partial charge in [-0.25, -0.2) is 0 Å². The van der Waals surface area contributed by atoms with Gasteiger partial charge in [-0.2, -0.15) is 0 Å². The summed E-state index contributed by atoms with van der Waals surface area (Å²) in [6.45, 7) is 6.14. The Hall–Kier alpha value is 0.650. The maximum Gasteiger partial charge on any atom is 0.0772 e. The van der Waals surface area contributed by atoms with E-state index in [2.05, 4.69) is 36.4 Å². The second kappa shape index (κ2) is 7.17. The van der Waals surface area contributed by atoms with Gasteiger partial charge in [0.15, 0.2) is 0 Å². The number of hydrogen-bond acceptors (Lipinski definition) is 2. The molecule has 0 aromatic rings. The van der Waals surface area contributed by atoms with Crippen molar-refractivity contribution in [3.63, 3.8) is 0 Å². The van der Waals surface area contributed by atoms with E-state index in [1.54, 1.807) is 7.11 Å². The summed E-state index contributed by atoms with van der Waals surface area (Å²) in [5, 5.41) is 0. The number of rotatable bonds is 6. The minimum absolute atomic E-state index is 0.143. The maximum absolute atomic E-state index is 6.06. The fraction of sp³-hybridized carbons (Fsp3) is 1.00. The molecule has 0 aromatic heterocycles. The summed E-state index contributed by atoms with van der Waals surface area (Å²) in [5.41, 5.74) is 0.143. The van der Waals surface area contributed by atoms with E-state index in [-0.39, 0.29) is 5.60 Å². The number of ether oxygens (including phenoxy) is 2. The molecule has 0 spiro atoms. The summed E-state index contributed by atoms with van der Waals surface area (Å²) < 4.78 is 12.2. The second-order valence-corrected chi connectivity index (χ2v) is 6.00. The standard InChI is InChI=1S/C13H25IO2/c1-11(2)12-4-6-13(10-14,7-5-12)16-9-8-15-3/h11-12H,4-10H2,1-3H3. The van der Waals surface area contributed by atoms with E-state index in [9.17, 15) is 0 Å². The summed E-state index contributed by atoms with van der Waals surface area (Å²) >= 11 is 2.47. The van der Waals surface area contributed by atoms with Crippen molar-refractivity contribution in [2.45, 2.75) is 45.1 Å². The van der Waals surface area contributed by atoms with Crippen LogP contribution in [-0.2, 0) is 9.47 Å². The maximum atomic E-state index is 6.06. The van der Waals surface area contributed by atoms with Crippen LogP contribution < -0.4 is 0 Å². The highest BCUT2D eigenvalue weighted by atomic mass is 127. The first kappa shape index (κ1) is 14.7. The van der Waals surface area contributed by atoms with E-state index < -0.39 is 0 Å². The minimum Gasteiger partial charge on any atom is -0.382 e. The predicted molar refractivity (Wildman–Crippen MR) is 76.2 cm³/mol. The molecule has 0 heterocycles. The lowest BCUT2D eigenvalue weighted by Crippen LogP contribution is -2.40. The van der Waals surface area contributed by atoms with Gasteiger partial charge in [0.05, 0.1) is 18.8 Å². The third-order valence-electron chi connectivity index (χ3n) is 3.82. The van der Waals surface area contributed by atoms with Crippen LogP contribution in [0.1, 0.15) is 39.5 Å². The van der Waals surface area contributed by atoms with Crippen molar-refractivity contribution >= 4 is 22.6 Å². The molecule has 0 unspecified atom stereocenters. The molecule has 0 aliphatic heterocycles. The molecule has 1 fully saturated rings. The predicted octanol–water partition coefficient (Wildman–Crippen LogP) is 3.67. The molecule has 0 N–H and O–H groups in total. The van der Waals surface area contributed by atoms with Gasteiger partial charge in [0.25, 0.3) is 0 Å². The quantitative estimate of drug-likeness (QED) is 0.417. The highest BCUT2D eigenvalue weighted by Crippen LogP contribution is 2.39. The minimum atomic E-state index is 0.143. The Morgan fingerprint density at radius 1 is 1.25 bits per heavy atom. The van der Waals surface area contributed by atoms with Crippen LogP contribution in [0.5, 0.6) is 0 Å². The highest BCUT2D eigenvalue weighted by molar-refractivity contribution is 14.1. The molecule has 1 saturated carbocycles. The average Bonchev–Trinajstić information content (AvgIpc) is 2.30. The number of hydrogen-bond donors (Lipinski definition) is 0. The van der Waals surface area contributed by atoms with Crippen LogP contribution in [0.4, 0.5) is 0 Å². The van der Waals surface area contributed by atoms with E-state index >= 15 is 0 Å². The number of halogens is 1. The van der Waals surface area contributed by atoms with E-state index in [0.29, 0.717) is 6.61 Å². The molecule has 96 valence electrons. The van der Waals surface area contributed by atoms with E-state index in [4.69, 9.17) is 9.47 Å². The van der Waals surface area contributed by atoms with Gasteiger partial charge in [0, 0.05) is 11.5 Å². The molecule has 0 aromatic carbocycles. The summed E-state index contributed by atoms with van der Waals surface area (Å²) in [6.07, 6.45) is 5.10. The van der Waals surface area contributed by atoms with Crippen molar-refractivity contribution in [1.29, 1.82) is 0 Å². The van der Waals surface area contributed by atoms with Gasteiger partial charge in [-0.05, 0) is 37.5 Å². The lowest BCUT2D eigenvalue weighted by molar-refractivity contribution is -0.0762. The molecule has 0 amide bonds. The summed E-state index contributed by atoms with van der Waals surface area (Å²) in [7, 11) is 1.73. The summed E-state index contributed by atoms with van der Waals surface area (Å²) in [5.74, 6) is 1.73. The monoisotopic (exact) mass is 340 g/mol. The van der Waals surface area contributed by atoms with Crippen molar-refractivity contribution in [2.75, 3.05) is 24.8 Å². The average molecular weight is 340 g/mol. The third kappa shape index (κ3) is 4.15. The van der Waals surface area contributed by atoms with Crippen LogP contribution in [0.2, 0.25) is 0 Å². The van der Waals surface area contributed by atoms with Gasteiger partial charge in [-0.15, -0.1) is 0 Å². The zero-order chi connectivity index (χ0) is 12.0. The summed E-state index contributed by atoms with van der Waals surface area (Å²) in [6, 6.07) is 0. The molecule has 16 heavy (non-hydrogen) atoms. The first-order valence-corrected chi connectivity index (χ1v) is 7.85.